The van der Waals surface area contributed by atoms with Gasteiger partial charge in [-0.3, -0.25) is 0 Å². The molecule has 0 aliphatic heterocycles. The monoisotopic (exact) mass is 251 g/mol. The molecule has 1 fully saturated rings. The van der Waals surface area contributed by atoms with Crippen LogP contribution >= 0.6 is 12.4 Å². The van der Waals surface area contributed by atoms with E-state index in [2.05, 4.69) is 38.1 Å². The lowest BCUT2D eigenvalue weighted by molar-refractivity contribution is 0.368. The van der Waals surface area contributed by atoms with E-state index in [1.54, 1.807) is 11.1 Å². The zero-order chi connectivity index (χ0) is 11.4. The Morgan fingerprint density at radius 2 is 1.82 bits per heavy atom. The van der Waals surface area contributed by atoms with Crippen LogP contribution in [0.2, 0.25) is 0 Å². The molecule has 0 bridgehead atoms. The summed E-state index contributed by atoms with van der Waals surface area (Å²) in [7, 11) is 0. The van der Waals surface area contributed by atoms with Gasteiger partial charge in [-0.05, 0) is 48.3 Å². The molecule has 0 radical (unpaired) electrons. The van der Waals surface area contributed by atoms with Gasteiger partial charge in [0.25, 0.3) is 0 Å². The summed E-state index contributed by atoms with van der Waals surface area (Å²) in [4.78, 5) is 0. The second-order valence-electron chi connectivity index (χ2n) is 6.22. The average molecular weight is 252 g/mol. The molecule has 2 heteroatoms. The number of benzene rings is 1. The van der Waals surface area contributed by atoms with E-state index in [-0.39, 0.29) is 12.4 Å². The van der Waals surface area contributed by atoms with Gasteiger partial charge in [0.1, 0.15) is 0 Å². The summed E-state index contributed by atoms with van der Waals surface area (Å²) in [6.45, 7) is 5.60. The Labute approximate surface area is 110 Å². The van der Waals surface area contributed by atoms with E-state index in [1.807, 2.05) is 0 Å². The van der Waals surface area contributed by atoms with Crippen LogP contribution in [0.25, 0.3) is 0 Å². The van der Waals surface area contributed by atoms with E-state index in [4.69, 9.17) is 5.73 Å². The van der Waals surface area contributed by atoms with Crippen LogP contribution < -0.4 is 5.73 Å². The van der Waals surface area contributed by atoms with Crippen LogP contribution in [0.5, 0.6) is 0 Å². The molecule has 1 aromatic rings. The molecule has 2 unspecified atom stereocenters. The summed E-state index contributed by atoms with van der Waals surface area (Å²) < 4.78 is 0. The fourth-order valence-electron chi connectivity index (χ4n) is 3.64. The first kappa shape index (κ1) is 12.9. The summed E-state index contributed by atoms with van der Waals surface area (Å²) in [6.07, 6.45) is 3.95. The van der Waals surface area contributed by atoms with E-state index >= 15 is 0 Å². The van der Waals surface area contributed by atoms with Gasteiger partial charge in [0.2, 0.25) is 0 Å². The van der Waals surface area contributed by atoms with Crippen molar-refractivity contribution in [3.63, 3.8) is 0 Å². The molecule has 0 amide bonds. The molecule has 1 aromatic carbocycles. The van der Waals surface area contributed by atoms with E-state index in [9.17, 15) is 0 Å². The smallest absolute Gasteiger partial charge is 0.0000244 e. The molecule has 2 aliphatic carbocycles. The number of hydrogen-bond acceptors (Lipinski definition) is 1. The fraction of sp³-hybridized carbons (Fsp3) is 0.600. The number of nitrogens with two attached hydrogens (primary N) is 1. The summed E-state index contributed by atoms with van der Waals surface area (Å²) in [5.41, 5.74) is 9.84. The minimum absolute atomic E-state index is 0. The van der Waals surface area contributed by atoms with Crippen LogP contribution in [0.15, 0.2) is 24.3 Å². The van der Waals surface area contributed by atoms with Gasteiger partial charge in [0.15, 0.2) is 0 Å². The van der Waals surface area contributed by atoms with Crippen LogP contribution in [-0.4, -0.2) is 6.54 Å². The van der Waals surface area contributed by atoms with E-state index in [0.717, 1.165) is 12.5 Å². The van der Waals surface area contributed by atoms with Gasteiger partial charge in [0.05, 0.1) is 0 Å². The van der Waals surface area contributed by atoms with Gasteiger partial charge in [-0.1, -0.05) is 38.1 Å². The average Bonchev–Trinajstić information content (AvgIpc) is 3.00. The highest BCUT2D eigenvalue weighted by Gasteiger charge is 2.57. The lowest BCUT2D eigenvalue weighted by Gasteiger charge is -2.38. The molecule has 1 saturated carbocycles. The zero-order valence-electron chi connectivity index (χ0n) is 10.7. The molecular weight excluding hydrogens is 230 g/mol. The van der Waals surface area contributed by atoms with Crippen molar-refractivity contribution in [3.05, 3.63) is 35.4 Å². The van der Waals surface area contributed by atoms with Crippen LogP contribution in [0.1, 0.15) is 44.2 Å². The maximum absolute atomic E-state index is 5.86. The minimum Gasteiger partial charge on any atom is -0.330 e. The first-order chi connectivity index (χ1) is 7.60. The van der Waals surface area contributed by atoms with Crippen molar-refractivity contribution in [1.29, 1.82) is 0 Å². The Balaban J connectivity index is 0.00000108. The standard InChI is InChI=1S/C15H21N.ClH/c1-14(2)7-8-15(9-11(15)10-16)13-6-4-3-5-12(13)14;/h3-6,11H,7-10,16H2,1-2H3;1H. The molecule has 0 heterocycles. The van der Waals surface area contributed by atoms with Crippen molar-refractivity contribution in [1.82, 2.24) is 0 Å². The van der Waals surface area contributed by atoms with Gasteiger partial charge in [-0.25, -0.2) is 0 Å². The third-order valence-electron chi connectivity index (χ3n) is 4.91. The van der Waals surface area contributed by atoms with E-state index in [0.29, 0.717) is 10.8 Å². The highest BCUT2D eigenvalue weighted by Crippen LogP contribution is 2.62. The first-order valence-electron chi connectivity index (χ1n) is 6.40. The Bertz CT molecular complexity index is 427. The largest absolute Gasteiger partial charge is 0.330 e. The van der Waals surface area contributed by atoms with Crippen LogP contribution in [-0.2, 0) is 10.8 Å². The first-order valence-corrected chi connectivity index (χ1v) is 6.40. The van der Waals surface area contributed by atoms with Crippen molar-refractivity contribution >= 4 is 12.4 Å². The Hall–Kier alpha value is -0.530. The predicted octanol–water partition coefficient (Wildman–Crippen LogP) is 3.40. The lowest BCUT2D eigenvalue weighted by atomic mass is 9.66. The molecular formula is C15H22ClN. The van der Waals surface area contributed by atoms with Gasteiger partial charge >= 0.3 is 0 Å². The van der Waals surface area contributed by atoms with E-state index in [1.165, 1.54) is 19.3 Å². The van der Waals surface area contributed by atoms with Crippen molar-refractivity contribution in [3.8, 4) is 0 Å². The van der Waals surface area contributed by atoms with Gasteiger partial charge in [-0.15, -0.1) is 12.4 Å². The molecule has 2 aliphatic rings. The molecule has 1 spiro atoms. The number of rotatable bonds is 1. The van der Waals surface area contributed by atoms with E-state index < -0.39 is 0 Å². The van der Waals surface area contributed by atoms with Gasteiger partial charge < -0.3 is 5.73 Å². The topological polar surface area (TPSA) is 26.0 Å². The van der Waals surface area contributed by atoms with Gasteiger partial charge in [-0.2, -0.15) is 0 Å². The number of halogens is 1. The fourth-order valence-corrected chi connectivity index (χ4v) is 3.64. The SMILES string of the molecule is CC1(C)CCC2(CC2CN)c2ccccc21.Cl. The van der Waals surface area contributed by atoms with Gasteiger partial charge in [0, 0.05) is 5.41 Å². The second kappa shape index (κ2) is 4.00. The maximum atomic E-state index is 5.86. The van der Waals surface area contributed by atoms with Crippen LogP contribution in [0, 0.1) is 5.92 Å². The summed E-state index contributed by atoms with van der Waals surface area (Å²) in [6, 6.07) is 9.03. The molecule has 1 nitrogen and oxygen atoms in total. The number of fused-ring (bicyclic) bond motifs is 2. The predicted molar refractivity (Wildman–Crippen MR) is 74.8 cm³/mol. The molecule has 0 aromatic heterocycles. The highest BCUT2D eigenvalue weighted by molar-refractivity contribution is 5.85. The Morgan fingerprint density at radius 1 is 1.18 bits per heavy atom. The normalized spacial score (nSPS) is 32.8. The Kier molecular flexibility index (Phi) is 3.04. The molecule has 3 rings (SSSR count). The Morgan fingerprint density at radius 3 is 2.41 bits per heavy atom. The molecule has 0 saturated heterocycles. The van der Waals surface area contributed by atoms with Crippen molar-refractivity contribution in [2.75, 3.05) is 6.54 Å². The maximum Gasteiger partial charge on any atom is 0.0000244 e. The van der Waals surface area contributed by atoms with Crippen molar-refractivity contribution < 1.29 is 0 Å². The molecule has 2 atom stereocenters. The quantitative estimate of drug-likeness (QED) is 0.814. The van der Waals surface area contributed by atoms with Crippen molar-refractivity contribution in [2.24, 2.45) is 11.7 Å². The molecule has 94 valence electrons. The lowest BCUT2D eigenvalue weighted by Crippen LogP contribution is -2.31. The third kappa shape index (κ3) is 1.71. The zero-order valence-corrected chi connectivity index (χ0v) is 11.5. The summed E-state index contributed by atoms with van der Waals surface area (Å²) in [5, 5.41) is 0. The highest BCUT2D eigenvalue weighted by atomic mass is 35.5. The molecule has 17 heavy (non-hydrogen) atoms. The van der Waals surface area contributed by atoms with Crippen LogP contribution in [0.4, 0.5) is 0 Å². The summed E-state index contributed by atoms with van der Waals surface area (Å²) >= 11 is 0. The third-order valence-corrected chi connectivity index (χ3v) is 4.91. The second-order valence-corrected chi connectivity index (χ2v) is 6.22. The van der Waals surface area contributed by atoms with Crippen molar-refractivity contribution in [2.45, 2.75) is 43.9 Å². The van der Waals surface area contributed by atoms with Crippen LogP contribution in [0.3, 0.4) is 0 Å². The number of hydrogen-bond donors (Lipinski definition) is 1. The summed E-state index contributed by atoms with van der Waals surface area (Å²) in [5.74, 6) is 0.741. The minimum atomic E-state index is 0. The molecule has 2 N–H and O–H groups in total.